The smallest absolute Gasteiger partial charge is 0.255 e. The minimum atomic E-state index is -0.280. The normalized spacial score (nSPS) is 10.3. The molecule has 0 radical (unpaired) electrons. The number of hydrogen-bond donors (Lipinski definition) is 3. The minimum Gasteiger partial charge on any atom is -0.506 e. The van der Waals surface area contributed by atoms with Crippen molar-refractivity contribution in [3.63, 3.8) is 0 Å². The number of rotatable bonds is 3. The molecule has 2 rings (SSSR count). The number of phenols is 1. The van der Waals surface area contributed by atoms with Crippen LogP contribution in [0.4, 0.5) is 11.4 Å². The van der Waals surface area contributed by atoms with E-state index in [-0.39, 0.29) is 17.3 Å². The fourth-order valence-electron chi connectivity index (χ4n) is 1.86. The second-order valence-corrected chi connectivity index (χ2v) is 5.30. The molecule has 0 saturated heterocycles. The van der Waals surface area contributed by atoms with Crippen molar-refractivity contribution in [2.75, 3.05) is 11.1 Å². The van der Waals surface area contributed by atoms with Gasteiger partial charge in [0.25, 0.3) is 5.91 Å². The lowest BCUT2D eigenvalue weighted by Gasteiger charge is -2.11. The molecule has 0 saturated carbocycles. The zero-order valence-electron chi connectivity index (χ0n) is 11.0. The van der Waals surface area contributed by atoms with Gasteiger partial charge in [-0.05, 0) is 48.4 Å². The van der Waals surface area contributed by atoms with E-state index in [4.69, 9.17) is 5.73 Å². The van der Waals surface area contributed by atoms with Gasteiger partial charge in [-0.2, -0.15) is 0 Å². The summed E-state index contributed by atoms with van der Waals surface area (Å²) in [5.41, 5.74) is 7.92. The lowest BCUT2D eigenvalue weighted by atomic mass is 10.1. The maximum Gasteiger partial charge on any atom is 0.255 e. The molecule has 0 unspecified atom stereocenters. The molecule has 20 heavy (non-hydrogen) atoms. The molecule has 0 fully saturated rings. The van der Waals surface area contributed by atoms with Crippen LogP contribution in [0.15, 0.2) is 40.9 Å². The fourth-order valence-corrected chi connectivity index (χ4v) is 2.26. The van der Waals surface area contributed by atoms with Crippen LogP contribution in [0.3, 0.4) is 0 Å². The SMILES string of the molecule is CCc1cc(Br)ccc1NC(=O)c1ccc(N)c(O)c1. The highest BCUT2D eigenvalue weighted by Gasteiger charge is 2.10. The Balaban J connectivity index is 2.25. The molecule has 2 aromatic carbocycles. The van der Waals surface area contributed by atoms with Gasteiger partial charge in [-0.15, -0.1) is 0 Å². The molecule has 5 heteroatoms. The zero-order valence-corrected chi connectivity index (χ0v) is 12.6. The van der Waals surface area contributed by atoms with Gasteiger partial charge in [-0.25, -0.2) is 0 Å². The number of carbonyl (C=O) groups excluding carboxylic acids is 1. The Morgan fingerprint density at radius 1 is 1.30 bits per heavy atom. The Morgan fingerprint density at radius 2 is 2.05 bits per heavy atom. The number of anilines is 2. The van der Waals surface area contributed by atoms with Crippen LogP contribution in [-0.4, -0.2) is 11.0 Å². The number of aryl methyl sites for hydroxylation is 1. The number of phenolic OH excluding ortho intramolecular Hbond substituents is 1. The maximum absolute atomic E-state index is 12.2. The number of carbonyl (C=O) groups is 1. The molecular formula is C15H15BrN2O2. The molecule has 2 aromatic rings. The monoisotopic (exact) mass is 334 g/mol. The van der Waals surface area contributed by atoms with Crippen molar-refractivity contribution >= 4 is 33.2 Å². The Labute approximate surface area is 125 Å². The van der Waals surface area contributed by atoms with E-state index < -0.39 is 0 Å². The highest BCUT2D eigenvalue weighted by Crippen LogP contribution is 2.24. The number of amides is 1. The number of nitrogens with two attached hydrogens (primary N) is 1. The van der Waals surface area contributed by atoms with Crippen molar-refractivity contribution in [1.29, 1.82) is 0 Å². The predicted molar refractivity (Wildman–Crippen MR) is 84.0 cm³/mol. The molecule has 0 aromatic heterocycles. The van der Waals surface area contributed by atoms with Crippen LogP contribution >= 0.6 is 15.9 Å². The van der Waals surface area contributed by atoms with Gasteiger partial charge in [0.1, 0.15) is 5.75 Å². The van der Waals surface area contributed by atoms with E-state index in [2.05, 4.69) is 21.2 Å². The fraction of sp³-hybridized carbons (Fsp3) is 0.133. The number of aromatic hydroxyl groups is 1. The first-order valence-electron chi connectivity index (χ1n) is 6.19. The van der Waals surface area contributed by atoms with E-state index >= 15 is 0 Å². The van der Waals surface area contributed by atoms with Crippen molar-refractivity contribution in [3.8, 4) is 5.75 Å². The zero-order chi connectivity index (χ0) is 14.7. The number of benzene rings is 2. The summed E-state index contributed by atoms with van der Waals surface area (Å²) < 4.78 is 0.970. The van der Waals surface area contributed by atoms with Gasteiger partial charge in [0, 0.05) is 15.7 Å². The molecule has 0 aliphatic carbocycles. The summed E-state index contributed by atoms with van der Waals surface area (Å²) in [7, 11) is 0. The highest BCUT2D eigenvalue weighted by molar-refractivity contribution is 9.10. The third-order valence-electron chi connectivity index (χ3n) is 2.99. The van der Waals surface area contributed by atoms with Gasteiger partial charge in [0.15, 0.2) is 0 Å². The van der Waals surface area contributed by atoms with Crippen molar-refractivity contribution in [2.24, 2.45) is 0 Å². The van der Waals surface area contributed by atoms with E-state index in [0.29, 0.717) is 5.56 Å². The average molecular weight is 335 g/mol. The minimum absolute atomic E-state index is 0.0934. The Bertz CT molecular complexity index is 656. The summed E-state index contributed by atoms with van der Waals surface area (Å²) >= 11 is 3.41. The largest absolute Gasteiger partial charge is 0.506 e. The quantitative estimate of drug-likeness (QED) is 0.593. The summed E-state index contributed by atoms with van der Waals surface area (Å²) in [6.45, 7) is 2.02. The maximum atomic E-state index is 12.2. The third kappa shape index (κ3) is 3.11. The first kappa shape index (κ1) is 14.4. The van der Waals surface area contributed by atoms with Crippen LogP contribution in [0, 0.1) is 0 Å². The molecule has 4 N–H and O–H groups in total. The van der Waals surface area contributed by atoms with Crippen LogP contribution in [0.2, 0.25) is 0 Å². The summed E-state index contributed by atoms with van der Waals surface area (Å²) in [5.74, 6) is -0.374. The lowest BCUT2D eigenvalue weighted by Crippen LogP contribution is -2.13. The van der Waals surface area contributed by atoms with Gasteiger partial charge in [0.2, 0.25) is 0 Å². The highest BCUT2D eigenvalue weighted by atomic mass is 79.9. The van der Waals surface area contributed by atoms with E-state index in [1.807, 2.05) is 25.1 Å². The van der Waals surface area contributed by atoms with Gasteiger partial charge < -0.3 is 16.2 Å². The molecule has 0 atom stereocenters. The summed E-state index contributed by atoms with van der Waals surface area (Å²) in [5, 5.41) is 12.4. The number of halogens is 1. The van der Waals surface area contributed by atoms with E-state index in [9.17, 15) is 9.90 Å². The molecule has 0 aliphatic rings. The second kappa shape index (κ2) is 5.96. The van der Waals surface area contributed by atoms with Crippen molar-refractivity contribution < 1.29 is 9.90 Å². The van der Waals surface area contributed by atoms with Crippen molar-refractivity contribution in [2.45, 2.75) is 13.3 Å². The number of nitrogens with one attached hydrogen (secondary N) is 1. The van der Waals surface area contributed by atoms with Crippen LogP contribution < -0.4 is 11.1 Å². The van der Waals surface area contributed by atoms with E-state index in [1.54, 1.807) is 6.07 Å². The first-order chi connectivity index (χ1) is 9.51. The molecule has 0 heterocycles. The topological polar surface area (TPSA) is 75.4 Å². The van der Waals surface area contributed by atoms with Gasteiger partial charge in [0.05, 0.1) is 5.69 Å². The summed E-state index contributed by atoms with van der Waals surface area (Å²) in [4.78, 5) is 12.2. The first-order valence-corrected chi connectivity index (χ1v) is 6.99. The Hall–Kier alpha value is -2.01. The second-order valence-electron chi connectivity index (χ2n) is 4.38. The Morgan fingerprint density at radius 3 is 2.70 bits per heavy atom. The van der Waals surface area contributed by atoms with Crippen LogP contribution in [0.25, 0.3) is 0 Å². The van der Waals surface area contributed by atoms with E-state index in [0.717, 1.165) is 22.1 Å². The molecule has 4 nitrogen and oxygen atoms in total. The van der Waals surface area contributed by atoms with Crippen LogP contribution in [0.5, 0.6) is 5.75 Å². The predicted octanol–water partition coefficient (Wildman–Crippen LogP) is 3.55. The molecule has 0 spiro atoms. The van der Waals surface area contributed by atoms with E-state index in [1.165, 1.54) is 12.1 Å². The number of hydrogen-bond acceptors (Lipinski definition) is 3. The van der Waals surface area contributed by atoms with Gasteiger partial charge >= 0.3 is 0 Å². The molecule has 1 amide bonds. The molecule has 0 bridgehead atoms. The molecule has 0 aliphatic heterocycles. The van der Waals surface area contributed by atoms with Gasteiger partial charge in [-0.1, -0.05) is 22.9 Å². The standard InChI is InChI=1S/C15H15BrN2O2/c1-2-9-7-11(16)4-6-13(9)18-15(20)10-3-5-12(17)14(19)8-10/h3-8,19H,2,17H2,1H3,(H,18,20). The van der Waals surface area contributed by atoms with Gasteiger partial charge in [-0.3, -0.25) is 4.79 Å². The van der Waals surface area contributed by atoms with Crippen molar-refractivity contribution in [3.05, 3.63) is 52.0 Å². The average Bonchev–Trinajstić information content (AvgIpc) is 2.43. The number of nitrogen functional groups attached to an aromatic ring is 1. The Kier molecular flexibility index (Phi) is 4.29. The van der Waals surface area contributed by atoms with Crippen LogP contribution in [0.1, 0.15) is 22.8 Å². The van der Waals surface area contributed by atoms with Crippen LogP contribution in [-0.2, 0) is 6.42 Å². The van der Waals surface area contributed by atoms with Crippen molar-refractivity contribution in [1.82, 2.24) is 0 Å². The lowest BCUT2D eigenvalue weighted by molar-refractivity contribution is 0.102. The summed E-state index contributed by atoms with van der Waals surface area (Å²) in [6.07, 6.45) is 0.808. The summed E-state index contributed by atoms with van der Waals surface area (Å²) in [6, 6.07) is 10.1. The third-order valence-corrected chi connectivity index (χ3v) is 3.48. The molecule has 104 valence electrons. The molecular weight excluding hydrogens is 320 g/mol.